The molecule has 0 aliphatic rings. The molecule has 0 fully saturated rings. The van der Waals surface area contributed by atoms with Crippen LogP contribution in [0, 0.1) is 11.7 Å². The van der Waals surface area contributed by atoms with Gasteiger partial charge in [0.05, 0.1) is 11.7 Å². The summed E-state index contributed by atoms with van der Waals surface area (Å²) < 4.78 is 14.3. The first-order valence-electron chi connectivity index (χ1n) is 6.56. The van der Waals surface area contributed by atoms with Gasteiger partial charge in [-0.05, 0) is 29.7 Å². The molecule has 1 atom stereocenters. The van der Waals surface area contributed by atoms with E-state index in [1.54, 1.807) is 18.2 Å². The van der Waals surface area contributed by atoms with E-state index in [4.69, 9.17) is 5.73 Å². The van der Waals surface area contributed by atoms with Crippen LogP contribution < -0.4 is 11.3 Å². The maximum atomic E-state index is 12.9. The largest absolute Gasteiger partial charge is 0.319 e. The first-order chi connectivity index (χ1) is 9.47. The number of hydrogen-bond donors (Lipinski definition) is 1. The standard InChI is InChI=1S/C15H18FN3O/c1-10(2)9-19-14(20)8-7-13(18-19)15(17)11-3-5-12(16)6-4-11/h3-8,10,15H,9,17H2,1-2H3. The van der Waals surface area contributed by atoms with Crippen molar-refractivity contribution in [2.75, 3.05) is 0 Å². The van der Waals surface area contributed by atoms with Gasteiger partial charge >= 0.3 is 0 Å². The summed E-state index contributed by atoms with van der Waals surface area (Å²) in [6.07, 6.45) is 0. The van der Waals surface area contributed by atoms with Crippen molar-refractivity contribution >= 4 is 0 Å². The van der Waals surface area contributed by atoms with E-state index in [0.717, 1.165) is 5.56 Å². The predicted octanol–water partition coefficient (Wildman–Crippen LogP) is 2.09. The van der Waals surface area contributed by atoms with Gasteiger partial charge in [0.2, 0.25) is 0 Å². The van der Waals surface area contributed by atoms with Crippen LogP contribution in [-0.4, -0.2) is 9.78 Å². The van der Waals surface area contributed by atoms with E-state index in [0.29, 0.717) is 18.2 Å². The Bertz CT molecular complexity index is 634. The van der Waals surface area contributed by atoms with Crippen LogP contribution in [0.25, 0.3) is 0 Å². The highest BCUT2D eigenvalue weighted by Gasteiger charge is 2.12. The summed E-state index contributed by atoms with van der Waals surface area (Å²) >= 11 is 0. The molecule has 0 amide bonds. The van der Waals surface area contributed by atoms with Gasteiger partial charge in [0.15, 0.2) is 0 Å². The topological polar surface area (TPSA) is 60.9 Å². The lowest BCUT2D eigenvalue weighted by atomic mass is 10.0. The minimum Gasteiger partial charge on any atom is -0.319 e. The van der Waals surface area contributed by atoms with Crippen LogP contribution >= 0.6 is 0 Å². The third-order valence-electron chi connectivity index (χ3n) is 2.97. The van der Waals surface area contributed by atoms with Gasteiger partial charge in [-0.2, -0.15) is 5.10 Å². The summed E-state index contributed by atoms with van der Waals surface area (Å²) in [5.41, 5.74) is 7.32. The van der Waals surface area contributed by atoms with Crippen LogP contribution in [0.5, 0.6) is 0 Å². The van der Waals surface area contributed by atoms with Gasteiger partial charge in [-0.3, -0.25) is 4.79 Å². The molecule has 1 unspecified atom stereocenters. The number of halogens is 1. The van der Waals surface area contributed by atoms with Crippen molar-refractivity contribution < 1.29 is 4.39 Å². The van der Waals surface area contributed by atoms with Crippen molar-refractivity contribution in [1.82, 2.24) is 9.78 Å². The summed E-state index contributed by atoms with van der Waals surface area (Å²) in [6.45, 7) is 4.57. The fourth-order valence-corrected chi connectivity index (χ4v) is 1.95. The zero-order chi connectivity index (χ0) is 14.7. The molecule has 0 saturated carbocycles. The molecule has 2 rings (SSSR count). The third kappa shape index (κ3) is 3.30. The highest BCUT2D eigenvalue weighted by atomic mass is 19.1. The van der Waals surface area contributed by atoms with Crippen LogP contribution in [0.3, 0.4) is 0 Å². The number of nitrogens with zero attached hydrogens (tertiary/aromatic N) is 2. The molecule has 1 aromatic heterocycles. The Kier molecular flexibility index (Phi) is 4.29. The van der Waals surface area contributed by atoms with Crippen molar-refractivity contribution in [3.05, 3.63) is 63.8 Å². The highest BCUT2D eigenvalue weighted by Crippen LogP contribution is 2.17. The molecule has 5 heteroatoms. The average Bonchev–Trinajstić information content (AvgIpc) is 2.41. The second kappa shape index (κ2) is 5.96. The van der Waals surface area contributed by atoms with Crippen LogP contribution in [0.15, 0.2) is 41.2 Å². The lowest BCUT2D eigenvalue weighted by molar-refractivity contribution is 0.455. The Labute approximate surface area is 117 Å². The molecule has 1 aromatic carbocycles. The molecule has 0 aliphatic carbocycles. The van der Waals surface area contributed by atoms with Crippen LogP contribution in [0.4, 0.5) is 4.39 Å². The Balaban J connectivity index is 2.32. The summed E-state index contributed by atoms with van der Waals surface area (Å²) in [6, 6.07) is 8.58. The van der Waals surface area contributed by atoms with E-state index in [9.17, 15) is 9.18 Å². The van der Waals surface area contributed by atoms with Crippen LogP contribution in [0.1, 0.15) is 31.1 Å². The second-order valence-electron chi connectivity index (χ2n) is 5.20. The van der Waals surface area contributed by atoms with E-state index in [-0.39, 0.29) is 11.4 Å². The Morgan fingerprint density at radius 3 is 2.45 bits per heavy atom. The molecule has 0 spiro atoms. The first kappa shape index (κ1) is 14.4. The van der Waals surface area contributed by atoms with Gasteiger partial charge in [-0.1, -0.05) is 26.0 Å². The zero-order valence-corrected chi connectivity index (χ0v) is 11.6. The molecule has 0 bridgehead atoms. The third-order valence-corrected chi connectivity index (χ3v) is 2.97. The molecule has 106 valence electrons. The highest BCUT2D eigenvalue weighted by molar-refractivity contribution is 5.26. The van der Waals surface area contributed by atoms with Gasteiger partial charge < -0.3 is 5.73 Å². The summed E-state index contributed by atoms with van der Waals surface area (Å²) in [4.78, 5) is 11.7. The molecular formula is C15H18FN3O. The SMILES string of the molecule is CC(C)Cn1nc(C(N)c2ccc(F)cc2)ccc1=O. The van der Waals surface area contributed by atoms with Gasteiger partial charge in [0.1, 0.15) is 5.82 Å². The molecule has 2 N–H and O–H groups in total. The molecule has 1 heterocycles. The number of nitrogens with two attached hydrogens (primary N) is 1. The first-order valence-corrected chi connectivity index (χ1v) is 6.56. The van der Waals surface area contributed by atoms with Crippen LogP contribution in [0.2, 0.25) is 0 Å². The lowest BCUT2D eigenvalue weighted by Crippen LogP contribution is -2.27. The maximum Gasteiger partial charge on any atom is 0.266 e. The second-order valence-corrected chi connectivity index (χ2v) is 5.20. The summed E-state index contributed by atoms with van der Waals surface area (Å²) in [5.74, 6) is 0.0104. The van der Waals surface area contributed by atoms with Crippen molar-refractivity contribution in [3.8, 4) is 0 Å². The normalized spacial score (nSPS) is 12.7. The monoisotopic (exact) mass is 275 g/mol. The maximum absolute atomic E-state index is 12.9. The Hall–Kier alpha value is -2.01. The van der Waals surface area contributed by atoms with Gasteiger partial charge in [-0.15, -0.1) is 0 Å². The minimum absolute atomic E-state index is 0.145. The Morgan fingerprint density at radius 2 is 1.85 bits per heavy atom. The average molecular weight is 275 g/mol. The smallest absolute Gasteiger partial charge is 0.266 e. The summed E-state index contributed by atoms with van der Waals surface area (Å²) in [7, 11) is 0. The quantitative estimate of drug-likeness (QED) is 0.929. The number of rotatable bonds is 4. The van der Waals surface area contributed by atoms with Crippen molar-refractivity contribution in [1.29, 1.82) is 0 Å². The number of hydrogen-bond acceptors (Lipinski definition) is 3. The molecule has 0 aliphatic heterocycles. The number of benzene rings is 1. The van der Waals surface area contributed by atoms with E-state index < -0.39 is 6.04 Å². The Morgan fingerprint density at radius 1 is 1.20 bits per heavy atom. The molecule has 0 saturated heterocycles. The van der Waals surface area contributed by atoms with Crippen LogP contribution in [-0.2, 0) is 6.54 Å². The van der Waals surface area contributed by atoms with Gasteiger partial charge in [0.25, 0.3) is 5.56 Å². The van der Waals surface area contributed by atoms with Crippen molar-refractivity contribution in [3.63, 3.8) is 0 Å². The predicted molar refractivity (Wildman–Crippen MR) is 75.8 cm³/mol. The van der Waals surface area contributed by atoms with Crippen molar-refractivity contribution in [2.24, 2.45) is 11.7 Å². The molecular weight excluding hydrogens is 257 g/mol. The fraction of sp³-hybridized carbons (Fsp3) is 0.333. The molecule has 2 aromatic rings. The van der Waals surface area contributed by atoms with Gasteiger partial charge in [0, 0.05) is 12.6 Å². The minimum atomic E-state index is -0.477. The fourth-order valence-electron chi connectivity index (χ4n) is 1.95. The van der Waals surface area contributed by atoms with Gasteiger partial charge in [-0.25, -0.2) is 9.07 Å². The number of aromatic nitrogens is 2. The zero-order valence-electron chi connectivity index (χ0n) is 11.6. The van der Waals surface area contributed by atoms with Crippen molar-refractivity contribution in [2.45, 2.75) is 26.4 Å². The van der Waals surface area contributed by atoms with E-state index >= 15 is 0 Å². The van der Waals surface area contributed by atoms with E-state index in [1.807, 2.05) is 13.8 Å². The molecule has 4 nitrogen and oxygen atoms in total. The molecule has 20 heavy (non-hydrogen) atoms. The molecule has 0 radical (unpaired) electrons. The lowest BCUT2D eigenvalue weighted by Gasteiger charge is -2.14. The summed E-state index contributed by atoms with van der Waals surface area (Å²) in [5, 5.41) is 4.30. The van der Waals surface area contributed by atoms with E-state index in [2.05, 4.69) is 5.10 Å². The van der Waals surface area contributed by atoms with E-state index in [1.165, 1.54) is 22.9 Å².